The molecule has 0 amide bonds. The summed E-state index contributed by atoms with van der Waals surface area (Å²) < 4.78 is 35.9. The van der Waals surface area contributed by atoms with Crippen LogP contribution in [0, 0.1) is 6.92 Å². The van der Waals surface area contributed by atoms with Gasteiger partial charge in [-0.25, -0.2) is 18.0 Å². The highest BCUT2D eigenvalue weighted by molar-refractivity contribution is 7.92. The second-order valence-electron chi connectivity index (χ2n) is 6.65. The van der Waals surface area contributed by atoms with Gasteiger partial charge in [-0.1, -0.05) is 12.1 Å². The van der Waals surface area contributed by atoms with E-state index in [0.29, 0.717) is 11.3 Å². The van der Waals surface area contributed by atoms with E-state index in [9.17, 15) is 18.0 Å². The molecule has 0 bridgehead atoms. The topological polar surface area (TPSA) is 150 Å². The van der Waals surface area contributed by atoms with Crippen LogP contribution in [0.4, 0.5) is 5.69 Å². The van der Waals surface area contributed by atoms with E-state index < -0.39 is 22.0 Å². The molecule has 0 aliphatic carbocycles. The first-order valence-electron chi connectivity index (χ1n) is 9.38. The molecule has 12 heteroatoms. The average Bonchev–Trinajstić information content (AvgIpc) is 2.70. The number of aryl methyl sites for hydroxylation is 1. The number of aromatic nitrogens is 1. The molecule has 1 heterocycles. The van der Waals surface area contributed by atoms with Crippen LogP contribution in [0.2, 0.25) is 0 Å². The minimum atomic E-state index is -3.56. The zero-order valence-corrected chi connectivity index (χ0v) is 19.6. The molecule has 0 spiro atoms. The van der Waals surface area contributed by atoms with Crippen molar-refractivity contribution in [2.45, 2.75) is 20.4 Å². The number of ether oxygens (including phenoxy) is 2. The average molecular weight is 481 g/mol. The van der Waals surface area contributed by atoms with Gasteiger partial charge in [0.25, 0.3) is 0 Å². The third-order valence-electron chi connectivity index (χ3n) is 4.21. The Bertz CT molecular complexity index is 1160. The molecule has 0 aliphatic rings. The van der Waals surface area contributed by atoms with E-state index in [0.717, 1.165) is 6.26 Å². The van der Waals surface area contributed by atoms with Crippen molar-refractivity contribution < 1.29 is 27.5 Å². The molecule has 32 heavy (non-hydrogen) atoms. The Morgan fingerprint density at radius 2 is 1.91 bits per heavy atom. The summed E-state index contributed by atoms with van der Waals surface area (Å²) in [5.74, 6) is -1.44. The third kappa shape index (κ3) is 6.14. The summed E-state index contributed by atoms with van der Waals surface area (Å²) in [4.78, 5) is 30.0. The summed E-state index contributed by atoms with van der Waals surface area (Å²) in [5, 5.41) is 2.74. The molecule has 10 nitrogen and oxygen atoms in total. The lowest BCUT2D eigenvalue weighted by Gasteiger charge is -2.19. The van der Waals surface area contributed by atoms with Crippen molar-refractivity contribution >= 4 is 45.0 Å². The van der Waals surface area contributed by atoms with Crippen molar-refractivity contribution in [3.8, 4) is 11.1 Å². The molecule has 0 unspecified atom stereocenters. The number of carbonyl (C=O) groups excluding carboxylic acids is 2. The third-order valence-corrected chi connectivity index (χ3v) is 4.96. The Morgan fingerprint density at radius 1 is 1.22 bits per heavy atom. The molecule has 0 saturated carbocycles. The molecular weight excluding hydrogens is 456 g/mol. The van der Waals surface area contributed by atoms with E-state index in [1.54, 1.807) is 26.0 Å². The van der Waals surface area contributed by atoms with Gasteiger partial charge < -0.3 is 20.5 Å². The number of anilines is 1. The zero-order chi connectivity index (χ0) is 24.1. The van der Waals surface area contributed by atoms with Gasteiger partial charge in [-0.15, -0.1) is 0 Å². The highest BCUT2D eigenvalue weighted by Crippen LogP contribution is 2.34. The number of methoxy groups -OCH3 is 1. The van der Waals surface area contributed by atoms with Crippen LogP contribution in [-0.4, -0.2) is 50.4 Å². The number of esters is 2. The van der Waals surface area contributed by atoms with Crippen molar-refractivity contribution in [3.05, 3.63) is 46.8 Å². The van der Waals surface area contributed by atoms with Crippen molar-refractivity contribution in [2.75, 3.05) is 24.7 Å². The van der Waals surface area contributed by atoms with Crippen LogP contribution in [0.5, 0.6) is 0 Å². The van der Waals surface area contributed by atoms with Gasteiger partial charge in [-0.05, 0) is 43.8 Å². The number of carbonyl (C=O) groups is 2. The summed E-state index contributed by atoms with van der Waals surface area (Å²) in [7, 11) is -2.35. The normalized spacial score (nSPS) is 10.9. The van der Waals surface area contributed by atoms with Gasteiger partial charge in [0, 0.05) is 11.3 Å². The molecule has 4 N–H and O–H groups in total. The minimum Gasteiger partial charge on any atom is -0.465 e. The van der Waals surface area contributed by atoms with Crippen molar-refractivity contribution in [3.63, 3.8) is 0 Å². The van der Waals surface area contributed by atoms with Crippen LogP contribution in [-0.2, 0) is 26.0 Å². The van der Waals surface area contributed by atoms with E-state index in [1.807, 2.05) is 0 Å². The fourth-order valence-corrected chi connectivity index (χ4v) is 3.71. The number of benzene rings is 1. The smallest absolute Gasteiger partial charge is 0.340 e. The van der Waals surface area contributed by atoms with E-state index in [-0.39, 0.29) is 46.3 Å². The maximum Gasteiger partial charge on any atom is 0.340 e. The number of hydrogen-bond donors (Lipinski definition) is 3. The summed E-state index contributed by atoms with van der Waals surface area (Å²) in [6.07, 6.45) is 1.01. The number of nitrogens with two attached hydrogens (primary N) is 1. The first-order valence-corrected chi connectivity index (χ1v) is 11.7. The van der Waals surface area contributed by atoms with Crippen LogP contribution >= 0.6 is 12.2 Å². The number of nitrogens with zero attached hydrogens (tertiary/aromatic N) is 1. The molecule has 1 aromatic heterocycles. The van der Waals surface area contributed by atoms with Gasteiger partial charge in [0.15, 0.2) is 5.11 Å². The second-order valence-corrected chi connectivity index (χ2v) is 8.84. The highest BCUT2D eigenvalue weighted by atomic mass is 32.2. The molecule has 0 aliphatic heterocycles. The first-order chi connectivity index (χ1) is 15.0. The molecule has 2 rings (SSSR count). The Morgan fingerprint density at radius 3 is 2.47 bits per heavy atom. The first kappa shape index (κ1) is 25.0. The van der Waals surface area contributed by atoms with Gasteiger partial charge in [-0.2, -0.15) is 0 Å². The fraction of sp³-hybridized carbons (Fsp3) is 0.300. The molecule has 1 aromatic carbocycles. The standard InChI is InChI=1S/C20H24N4O6S2/c1-5-30-19(26)17-14(10-22-20(21)31)23-11(2)15(18(25)29-3)16(17)12-7-6-8-13(9-12)24-32(4,27)28/h6-9,24H,5,10H2,1-4H3,(H3,21,22,31). The van der Waals surface area contributed by atoms with Crippen molar-refractivity contribution in [2.24, 2.45) is 5.73 Å². The lowest BCUT2D eigenvalue weighted by Crippen LogP contribution is -2.30. The summed E-state index contributed by atoms with van der Waals surface area (Å²) in [6, 6.07) is 6.25. The van der Waals surface area contributed by atoms with Crippen LogP contribution in [0.3, 0.4) is 0 Å². The summed E-state index contributed by atoms with van der Waals surface area (Å²) in [5.41, 5.74) is 6.94. The number of thiocarbonyl (C=S) groups is 1. The fourth-order valence-electron chi connectivity index (χ4n) is 3.08. The van der Waals surface area contributed by atoms with Gasteiger partial charge in [-0.3, -0.25) is 9.71 Å². The largest absolute Gasteiger partial charge is 0.465 e. The molecule has 0 saturated heterocycles. The Hall–Kier alpha value is -3.25. The van der Waals surface area contributed by atoms with Gasteiger partial charge in [0.2, 0.25) is 10.0 Å². The number of sulfonamides is 1. The lowest BCUT2D eigenvalue weighted by atomic mass is 9.92. The molecule has 2 aromatic rings. The van der Waals surface area contributed by atoms with Gasteiger partial charge in [0.05, 0.1) is 49.0 Å². The quantitative estimate of drug-likeness (QED) is 0.376. The van der Waals surface area contributed by atoms with Crippen molar-refractivity contribution in [1.29, 1.82) is 0 Å². The molecular formula is C20H24N4O6S2. The molecule has 0 radical (unpaired) electrons. The predicted molar refractivity (Wildman–Crippen MR) is 124 cm³/mol. The molecule has 0 fully saturated rings. The lowest BCUT2D eigenvalue weighted by molar-refractivity contribution is 0.0525. The highest BCUT2D eigenvalue weighted by Gasteiger charge is 2.29. The minimum absolute atomic E-state index is 0.0000531. The van der Waals surface area contributed by atoms with Crippen molar-refractivity contribution in [1.82, 2.24) is 10.3 Å². The maximum absolute atomic E-state index is 13.0. The Balaban J connectivity index is 2.90. The van der Waals surface area contributed by atoms with E-state index in [1.165, 1.54) is 19.2 Å². The number of hydrogen-bond acceptors (Lipinski definition) is 8. The van der Waals surface area contributed by atoms with E-state index >= 15 is 0 Å². The molecule has 172 valence electrons. The predicted octanol–water partition coefficient (Wildman–Crippen LogP) is 1.73. The zero-order valence-electron chi connectivity index (χ0n) is 18.0. The monoisotopic (exact) mass is 480 g/mol. The Labute approximate surface area is 191 Å². The maximum atomic E-state index is 13.0. The summed E-state index contributed by atoms with van der Waals surface area (Å²) in [6.45, 7) is 3.31. The van der Waals surface area contributed by atoms with E-state index in [4.69, 9.17) is 27.4 Å². The van der Waals surface area contributed by atoms with Crippen LogP contribution in [0.25, 0.3) is 11.1 Å². The van der Waals surface area contributed by atoms with Crippen LogP contribution in [0.1, 0.15) is 39.0 Å². The van der Waals surface area contributed by atoms with Crippen LogP contribution < -0.4 is 15.8 Å². The van der Waals surface area contributed by atoms with Crippen LogP contribution in [0.15, 0.2) is 24.3 Å². The Kier molecular flexibility index (Phi) is 8.11. The van der Waals surface area contributed by atoms with E-state index in [2.05, 4.69) is 15.0 Å². The number of nitrogens with one attached hydrogen (secondary N) is 2. The van der Waals surface area contributed by atoms with Gasteiger partial charge in [0.1, 0.15) is 0 Å². The number of rotatable bonds is 8. The second kappa shape index (κ2) is 10.4. The summed E-state index contributed by atoms with van der Waals surface area (Å²) >= 11 is 4.85. The SMILES string of the molecule is CCOC(=O)c1c(CNC(N)=S)nc(C)c(C(=O)OC)c1-c1cccc(NS(C)(=O)=O)c1. The molecule has 0 atom stereocenters. The number of pyridine rings is 1. The van der Waals surface area contributed by atoms with Gasteiger partial charge >= 0.3 is 11.9 Å².